The van der Waals surface area contributed by atoms with Crippen LogP contribution in [0.5, 0.6) is 0 Å². The van der Waals surface area contributed by atoms with Crippen molar-refractivity contribution < 1.29 is 9.50 Å². The Morgan fingerprint density at radius 2 is 1.91 bits per heavy atom. The van der Waals surface area contributed by atoms with Crippen LogP contribution in [0.3, 0.4) is 0 Å². The molecule has 0 amide bonds. The van der Waals surface area contributed by atoms with E-state index >= 15 is 0 Å². The topological polar surface area (TPSA) is 33.1 Å². The van der Waals surface area contributed by atoms with Gasteiger partial charge in [0.25, 0.3) is 0 Å². The molecule has 4 heteroatoms. The first-order valence-electron chi connectivity index (χ1n) is 7.66. The number of pyridine rings is 1. The minimum Gasteiger partial charge on any atom is -0.386 e. The van der Waals surface area contributed by atoms with Crippen LogP contribution in [-0.4, -0.2) is 10.1 Å². The van der Waals surface area contributed by atoms with Crippen molar-refractivity contribution in [3.8, 4) is 11.3 Å². The van der Waals surface area contributed by atoms with Crippen molar-refractivity contribution in [3.63, 3.8) is 0 Å². The number of allylic oxidation sites excluding steroid dienone is 1. The highest BCUT2D eigenvalue weighted by molar-refractivity contribution is 6.34. The Kier molecular flexibility index (Phi) is 4.03. The van der Waals surface area contributed by atoms with Crippen molar-refractivity contribution in [3.05, 3.63) is 59.0 Å². The fourth-order valence-electron chi connectivity index (χ4n) is 2.58. The summed E-state index contributed by atoms with van der Waals surface area (Å²) in [4.78, 5) is 4.64. The molecule has 2 aromatic rings. The fraction of sp³-hybridized carbons (Fsp3) is 0.316. The van der Waals surface area contributed by atoms with Gasteiger partial charge in [0.2, 0.25) is 0 Å². The highest BCUT2D eigenvalue weighted by Crippen LogP contribution is 2.43. The number of nitrogens with zero attached hydrogens (tertiary/aromatic N) is 1. The predicted molar refractivity (Wildman–Crippen MR) is 91.6 cm³/mol. The van der Waals surface area contributed by atoms with Gasteiger partial charge in [0.1, 0.15) is 5.82 Å². The van der Waals surface area contributed by atoms with E-state index in [1.165, 1.54) is 12.1 Å². The quantitative estimate of drug-likeness (QED) is 0.836. The van der Waals surface area contributed by atoms with Crippen LogP contribution in [-0.2, 0) is 5.60 Å². The van der Waals surface area contributed by atoms with Gasteiger partial charge < -0.3 is 5.11 Å². The van der Waals surface area contributed by atoms with Gasteiger partial charge in [-0.05, 0) is 68.5 Å². The summed E-state index contributed by atoms with van der Waals surface area (Å²) in [5.41, 5.74) is 2.47. The minimum absolute atomic E-state index is 0.314. The van der Waals surface area contributed by atoms with E-state index in [9.17, 15) is 9.50 Å². The molecule has 0 bridgehead atoms. The second kappa shape index (κ2) is 5.73. The van der Waals surface area contributed by atoms with Crippen LogP contribution in [0.25, 0.3) is 16.8 Å². The summed E-state index contributed by atoms with van der Waals surface area (Å²) in [5.74, 6) is 0.144. The molecule has 0 atom stereocenters. The molecule has 0 aliphatic heterocycles. The summed E-state index contributed by atoms with van der Waals surface area (Å²) in [6.45, 7) is 7.52. The van der Waals surface area contributed by atoms with E-state index in [1.807, 2.05) is 6.07 Å². The van der Waals surface area contributed by atoms with E-state index in [1.54, 1.807) is 26.0 Å². The zero-order valence-corrected chi connectivity index (χ0v) is 14.0. The van der Waals surface area contributed by atoms with Crippen LogP contribution in [0.2, 0.25) is 5.02 Å². The Bertz CT molecular complexity index is 758. The summed E-state index contributed by atoms with van der Waals surface area (Å²) in [6.07, 6.45) is 2.24. The number of hydrogen-bond donors (Lipinski definition) is 1. The third kappa shape index (κ3) is 3.31. The number of aromatic nitrogens is 1. The van der Waals surface area contributed by atoms with E-state index in [-0.39, 0.29) is 5.82 Å². The smallest absolute Gasteiger partial charge is 0.123 e. The lowest BCUT2D eigenvalue weighted by molar-refractivity contribution is 0.0786. The molecule has 3 rings (SSSR count). The van der Waals surface area contributed by atoms with Gasteiger partial charge in [0.05, 0.1) is 22.0 Å². The summed E-state index contributed by atoms with van der Waals surface area (Å²) in [7, 11) is 0. The van der Waals surface area contributed by atoms with Gasteiger partial charge in [-0.2, -0.15) is 0 Å². The average molecular weight is 332 g/mol. The Morgan fingerprint density at radius 3 is 2.43 bits per heavy atom. The molecule has 1 aliphatic rings. The normalized spacial score (nSPS) is 14.8. The third-order valence-electron chi connectivity index (χ3n) is 4.13. The SMILES string of the molecule is C=C(c1cc(C(C)(C)O)c(Cl)c(-c2ccc(F)cc2)n1)C1CC1. The number of hydrogen-bond acceptors (Lipinski definition) is 2. The molecule has 0 radical (unpaired) electrons. The second-order valence-electron chi connectivity index (χ2n) is 6.58. The van der Waals surface area contributed by atoms with Crippen LogP contribution in [0.4, 0.5) is 4.39 Å². The first kappa shape index (κ1) is 16.2. The summed E-state index contributed by atoms with van der Waals surface area (Å²) < 4.78 is 13.2. The highest BCUT2D eigenvalue weighted by Gasteiger charge is 2.29. The van der Waals surface area contributed by atoms with Gasteiger partial charge in [-0.1, -0.05) is 18.2 Å². The maximum atomic E-state index is 13.2. The molecule has 0 unspecified atom stereocenters. The number of aliphatic hydroxyl groups is 1. The first-order valence-corrected chi connectivity index (χ1v) is 8.03. The molecule has 1 N–H and O–H groups in total. The lowest BCUT2D eigenvalue weighted by Crippen LogP contribution is -2.17. The Balaban J connectivity index is 2.18. The Morgan fingerprint density at radius 1 is 1.30 bits per heavy atom. The highest BCUT2D eigenvalue weighted by atomic mass is 35.5. The molecule has 1 aromatic heterocycles. The maximum absolute atomic E-state index is 13.2. The van der Waals surface area contributed by atoms with Crippen molar-refractivity contribution in [2.75, 3.05) is 0 Å². The number of halogens is 2. The molecule has 1 aliphatic carbocycles. The number of benzene rings is 1. The molecule has 2 nitrogen and oxygen atoms in total. The van der Waals surface area contributed by atoms with Gasteiger partial charge in [-0.15, -0.1) is 0 Å². The van der Waals surface area contributed by atoms with Crippen LogP contribution in [0.1, 0.15) is 37.9 Å². The monoisotopic (exact) mass is 331 g/mol. The lowest BCUT2D eigenvalue weighted by Gasteiger charge is -2.22. The average Bonchev–Trinajstić information content (AvgIpc) is 3.31. The molecule has 1 aromatic carbocycles. The van der Waals surface area contributed by atoms with Gasteiger partial charge in [0, 0.05) is 11.1 Å². The van der Waals surface area contributed by atoms with Gasteiger partial charge in [0.15, 0.2) is 0 Å². The Hall–Kier alpha value is -1.71. The zero-order chi connectivity index (χ0) is 16.8. The van der Waals surface area contributed by atoms with E-state index in [0.717, 1.165) is 24.1 Å². The van der Waals surface area contributed by atoms with Gasteiger partial charge >= 0.3 is 0 Å². The van der Waals surface area contributed by atoms with E-state index in [0.29, 0.717) is 27.8 Å². The van der Waals surface area contributed by atoms with Crippen molar-refractivity contribution in [1.29, 1.82) is 0 Å². The van der Waals surface area contributed by atoms with Crippen molar-refractivity contribution in [2.24, 2.45) is 5.92 Å². The molecule has 1 heterocycles. The summed E-state index contributed by atoms with van der Waals surface area (Å²) in [5, 5.41) is 10.8. The van der Waals surface area contributed by atoms with Crippen molar-refractivity contribution >= 4 is 17.2 Å². The maximum Gasteiger partial charge on any atom is 0.123 e. The van der Waals surface area contributed by atoms with E-state index in [2.05, 4.69) is 11.6 Å². The van der Waals surface area contributed by atoms with Gasteiger partial charge in [-0.3, -0.25) is 0 Å². The molecule has 0 saturated heterocycles. The molecular formula is C19H19ClFNO. The van der Waals surface area contributed by atoms with Crippen LogP contribution < -0.4 is 0 Å². The first-order chi connectivity index (χ1) is 10.8. The molecule has 1 saturated carbocycles. The molecule has 120 valence electrons. The van der Waals surface area contributed by atoms with Crippen LogP contribution >= 0.6 is 11.6 Å². The van der Waals surface area contributed by atoms with Gasteiger partial charge in [-0.25, -0.2) is 9.37 Å². The third-order valence-corrected chi connectivity index (χ3v) is 4.52. The lowest BCUT2D eigenvalue weighted by atomic mass is 9.94. The minimum atomic E-state index is -1.10. The fourth-order valence-corrected chi connectivity index (χ4v) is 3.02. The summed E-state index contributed by atoms with van der Waals surface area (Å²) >= 11 is 6.49. The zero-order valence-electron chi connectivity index (χ0n) is 13.2. The largest absolute Gasteiger partial charge is 0.386 e. The standard InChI is InChI=1S/C19H19ClFNO/c1-11(12-4-5-12)16-10-15(19(2,3)23)17(20)18(22-16)13-6-8-14(21)9-7-13/h6-10,12,23H,1,4-5H2,2-3H3. The molecule has 23 heavy (non-hydrogen) atoms. The molecular weight excluding hydrogens is 313 g/mol. The van der Waals surface area contributed by atoms with Crippen molar-refractivity contribution in [1.82, 2.24) is 4.98 Å². The van der Waals surface area contributed by atoms with Crippen molar-refractivity contribution in [2.45, 2.75) is 32.3 Å². The number of rotatable bonds is 4. The second-order valence-corrected chi connectivity index (χ2v) is 6.96. The van der Waals surface area contributed by atoms with Crippen LogP contribution in [0.15, 0.2) is 36.9 Å². The Labute approximate surface area is 140 Å². The van der Waals surface area contributed by atoms with E-state index < -0.39 is 5.60 Å². The predicted octanol–water partition coefficient (Wildman–Crippen LogP) is 5.19. The molecule has 1 fully saturated rings. The summed E-state index contributed by atoms with van der Waals surface area (Å²) in [6, 6.07) is 7.84. The molecule has 0 spiro atoms. The van der Waals surface area contributed by atoms with E-state index in [4.69, 9.17) is 11.6 Å². The van der Waals surface area contributed by atoms with Crippen LogP contribution in [0, 0.1) is 11.7 Å².